The zero-order valence-corrected chi connectivity index (χ0v) is 25.9. The van der Waals surface area contributed by atoms with Gasteiger partial charge in [-0.15, -0.1) is 0 Å². The Bertz CT molecular complexity index is 1270. The number of unbranched alkanes of at least 4 members (excludes halogenated alkanes) is 1. The van der Waals surface area contributed by atoms with Crippen LogP contribution in [0.1, 0.15) is 64.5 Å². The van der Waals surface area contributed by atoms with E-state index in [-0.39, 0.29) is 13.2 Å². The van der Waals surface area contributed by atoms with Gasteiger partial charge >= 0.3 is 24.4 Å². The fraction of sp³-hybridized carbons (Fsp3) is 0.400. The van der Waals surface area contributed by atoms with Crippen LogP contribution in [0.25, 0.3) is 0 Å². The fourth-order valence-electron chi connectivity index (χ4n) is 3.14. The Hall–Kier alpha value is -5.14. The van der Waals surface area contributed by atoms with Crippen LogP contribution in [0.5, 0.6) is 0 Å². The van der Waals surface area contributed by atoms with Crippen molar-refractivity contribution in [2.45, 2.75) is 67.2 Å². The van der Waals surface area contributed by atoms with Gasteiger partial charge in [-0.1, -0.05) is 36.3 Å². The maximum atomic E-state index is 12.2. The molecule has 2 rings (SSSR count). The van der Waals surface area contributed by atoms with E-state index in [4.69, 9.17) is 19.1 Å². The minimum atomic E-state index is -0.748. The molecule has 14 heteroatoms. The molecule has 0 heterocycles. The van der Waals surface area contributed by atoms with Crippen LogP contribution >= 0.6 is 0 Å². The first-order valence-corrected chi connectivity index (χ1v) is 14.1. The van der Waals surface area contributed by atoms with Crippen molar-refractivity contribution >= 4 is 58.5 Å². The van der Waals surface area contributed by atoms with Gasteiger partial charge in [-0.05, 0) is 88.8 Å². The molecule has 0 atom stereocenters. The summed E-state index contributed by atoms with van der Waals surface area (Å²) in [6.07, 6.45) is -0.641. The number of carbonyl (C=O) groups is 4. The van der Waals surface area contributed by atoms with E-state index in [1.165, 1.54) is 0 Å². The molecule has 0 saturated carbocycles. The highest BCUT2D eigenvalue weighted by Crippen LogP contribution is 2.22. The molecule has 0 fully saturated rings. The lowest BCUT2D eigenvalue weighted by Crippen LogP contribution is -2.17. The summed E-state index contributed by atoms with van der Waals surface area (Å²) in [6.45, 7) is 11.1. The van der Waals surface area contributed by atoms with Crippen molar-refractivity contribution in [1.82, 2.24) is 0 Å². The zero-order chi connectivity index (χ0) is 32.5. The predicted molar refractivity (Wildman–Crippen MR) is 169 cm³/mol. The topological polar surface area (TPSA) is 178 Å². The van der Waals surface area contributed by atoms with Crippen molar-refractivity contribution in [2.24, 2.45) is 10.3 Å². The maximum absolute atomic E-state index is 12.2. The second kappa shape index (κ2) is 18.4. The molecule has 0 saturated heterocycles. The molecule has 14 nitrogen and oxygen atoms in total. The Labute approximate surface area is 256 Å². The van der Waals surface area contributed by atoms with E-state index in [2.05, 4.69) is 31.6 Å². The Balaban J connectivity index is 1.70. The van der Waals surface area contributed by atoms with E-state index in [0.717, 1.165) is 11.1 Å². The van der Waals surface area contributed by atoms with Crippen LogP contribution in [0.15, 0.2) is 46.7 Å². The number of benzene rings is 2. The molecule has 2 aromatic rings. The molecule has 2 aromatic carbocycles. The van der Waals surface area contributed by atoms with Crippen molar-refractivity contribution < 1.29 is 38.3 Å². The van der Waals surface area contributed by atoms with E-state index >= 15 is 0 Å². The zero-order valence-electron chi connectivity index (χ0n) is 25.9. The van der Waals surface area contributed by atoms with Crippen molar-refractivity contribution in [3.8, 4) is 0 Å². The third-order valence-electron chi connectivity index (χ3n) is 6.04. The van der Waals surface area contributed by atoms with Gasteiger partial charge in [0.2, 0.25) is 0 Å². The van der Waals surface area contributed by atoms with Gasteiger partial charge in [0, 0.05) is 22.7 Å². The number of amides is 4. The number of carbonyl (C=O) groups excluding carboxylic acids is 4. The SMILES string of the molecule is CC/C(C)=N\OC(=O)Nc1cc(NC(=O)OCCCCOC(=O)Nc2ccc(C)c(NC(=O)O/N=C(/C)CC)c2)ccc1C. The summed E-state index contributed by atoms with van der Waals surface area (Å²) in [5, 5.41) is 17.8. The molecule has 0 unspecified atom stereocenters. The van der Waals surface area contributed by atoms with Crippen LogP contribution in [0, 0.1) is 13.8 Å². The van der Waals surface area contributed by atoms with Gasteiger partial charge in [-0.2, -0.15) is 0 Å². The molecule has 0 radical (unpaired) electrons. The van der Waals surface area contributed by atoms with Gasteiger partial charge in [0.1, 0.15) is 0 Å². The molecule has 0 aliphatic carbocycles. The van der Waals surface area contributed by atoms with Gasteiger partial charge < -0.3 is 9.47 Å². The standard InChI is InChI=1S/C30H40N6O8/c1-7-21(5)35-43-29(39)33-25-17-23(13-11-19(25)3)31-27(37)41-15-9-10-16-42-28(38)32-24-14-12-20(4)26(18-24)34-30(40)44-36-22(6)8-2/h11-14,17-18H,7-10,15-16H2,1-6H3,(H,31,37)(H,32,38)(H,33,39)(H,34,40)/b35-21-,36-22-. The highest BCUT2D eigenvalue weighted by Gasteiger charge is 2.11. The monoisotopic (exact) mass is 612 g/mol. The molecular weight excluding hydrogens is 572 g/mol. The summed E-state index contributed by atoms with van der Waals surface area (Å²) >= 11 is 0. The second-order valence-corrected chi connectivity index (χ2v) is 9.66. The summed E-state index contributed by atoms with van der Waals surface area (Å²) in [6, 6.07) is 9.92. The normalized spacial score (nSPS) is 11.2. The predicted octanol–water partition coefficient (Wildman–Crippen LogP) is 7.55. The quantitative estimate of drug-likeness (QED) is 0.0775. The Morgan fingerprint density at radius 3 is 1.36 bits per heavy atom. The average Bonchev–Trinajstić information content (AvgIpc) is 2.99. The largest absolute Gasteiger partial charge is 0.449 e. The number of hydrogen-bond acceptors (Lipinski definition) is 10. The van der Waals surface area contributed by atoms with E-state index in [9.17, 15) is 19.2 Å². The number of rotatable bonds is 13. The van der Waals surface area contributed by atoms with Crippen LogP contribution in [0.2, 0.25) is 0 Å². The van der Waals surface area contributed by atoms with Gasteiger partial charge in [-0.25, -0.2) is 19.2 Å². The lowest BCUT2D eigenvalue weighted by Gasteiger charge is -2.12. The van der Waals surface area contributed by atoms with Gasteiger partial charge in [0.25, 0.3) is 0 Å². The van der Waals surface area contributed by atoms with Crippen LogP contribution in [0.4, 0.5) is 41.9 Å². The van der Waals surface area contributed by atoms with Crippen LogP contribution < -0.4 is 21.3 Å². The number of nitrogens with one attached hydrogen (secondary N) is 4. The third kappa shape index (κ3) is 13.2. The summed E-state index contributed by atoms with van der Waals surface area (Å²) in [5.74, 6) is 0. The molecule has 0 bridgehead atoms. The van der Waals surface area contributed by atoms with Gasteiger partial charge in [-0.3, -0.25) is 30.9 Å². The molecule has 0 spiro atoms. The number of hydrogen-bond donors (Lipinski definition) is 4. The summed E-state index contributed by atoms with van der Waals surface area (Å²) in [4.78, 5) is 57.9. The average molecular weight is 613 g/mol. The minimum Gasteiger partial charge on any atom is -0.449 e. The molecule has 4 amide bonds. The molecule has 4 N–H and O–H groups in total. The highest BCUT2D eigenvalue weighted by atomic mass is 16.7. The van der Waals surface area contributed by atoms with Crippen LogP contribution in [0.3, 0.4) is 0 Å². The Morgan fingerprint density at radius 2 is 1.00 bits per heavy atom. The summed E-state index contributed by atoms with van der Waals surface area (Å²) in [5.41, 5.74) is 4.57. The van der Waals surface area contributed by atoms with Crippen molar-refractivity contribution in [1.29, 1.82) is 0 Å². The number of anilines is 4. The molecule has 0 aliphatic rings. The third-order valence-corrected chi connectivity index (χ3v) is 6.04. The first-order valence-electron chi connectivity index (χ1n) is 14.1. The Morgan fingerprint density at radius 1 is 0.614 bits per heavy atom. The molecule has 44 heavy (non-hydrogen) atoms. The van der Waals surface area contributed by atoms with Gasteiger partial charge in [0.15, 0.2) is 0 Å². The second-order valence-electron chi connectivity index (χ2n) is 9.66. The fourth-order valence-corrected chi connectivity index (χ4v) is 3.14. The van der Waals surface area contributed by atoms with E-state index in [1.54, 1.807) is 64.1 Å². The number of aryl methyl sites for hydroxylation is 2. The number of nitrogens with zero attached hydrogens (tertiary/aromatic N) is 2. The Kier molecular flexibility index (Phi) is 14.7. The lowest BCUT2D eigenvalue weighted by atomic mass is 10.2. The summed E-state index contributed by atoms with van der Waals surface area (Å²) in [7, 11) is 0. The first kappa shape index (κ1) is 35.1. The van der Waals surface area contributed by atoms with Crippen molar-refractivity contribution in [3.63, 3.8) is 0 Å². The van der Waals surface area contributed by atoms with E-state index in [0.29, 0.717) is 59.9 Å². The lowest BCUT2D eigenvalue weighted by molar-refractivity contribution is 0.143. The molecule has 238 valence electrons. The molecule has 0 aliphatic heterocycles. The van der Waals surface area contributed by atoms with Gasteiger partial charge in [0.05, 0.1) is 24.6 Å². The number of ether oxygens (including phenoxy) is 2. The molecular formula is C30H40N6O8. The van der Waals surface area contributed by atoms with Crippen molar-refractivity contribution in [2.75, 3.05) is 34.5 Å². The number of oxime groups is 2. The minimum absolute atomic E-state index is 0.0970. The smallest absolute Gasteiger partial charge is 0.437 e. The summed E-state index contributed by atoms with van der Waals surface area (Å²) < 4.78 is 10.4. The first-order chi connectivity index (χ1) is 21.0. The molecule has 0 aromatic heterocycles. The van der Waals surface area contributed by atoms with Crippen LogP contribution in [-0.2, 0) is 19.1 Å². The van der Waals surface area contributed by atoms with Crippen LogP contribution in [-0.4, -0.2) is 49.0 Å². The van der Waals surface area contributed by atoms with Crippen molar-refractivity contribution in [3.05, 3.63) is 47.5 Å². The maximum Gasteiger partial charge on any atom is 0.437 e. The van der Waals surface area contributed by atoms with E-state index in [1.807, 2.05) is 13.8 Å². The highest BCUT2D eigenvalue weighted by molar-refractivity contribution is 5.91. The van der Waals surface area contributed by atoms with E-state index < -0.39 is 24.4 Å².